The van der Waals surface area contributed by atoms with Gasteiger partial charge in [-0.25, -0.2) is 4.98 Å². The number of hydrogen-bond acceptors (Lipinski definition) is 4. The third-order valence-electron chi connectivity index (χ3n) is 1.71. The number of rotatable bonds is 4. The summed E-state index contributed by atoms with van der Waals surface area (Å²) in [5, 5.41) is 3.01. The summed E-state index contributed by atoms with van der Waals surface area (Å²) in [7, 11) is 1.71. The molecule has 1 aromatic heterocycles. The summed E-state index contributed by atoms with van der Waals surface area (Å²) in [6.45, 7) is 2.59. The van der Waals surface area contributed by atoms with E-state index in [2.05, 4.69) is 11.9 Å². The predicted molar refractivity (Wildman–Crippen MR) is 50.0 cm³/mol. The van der Waals surface area contributed by atoms with Gasteiger partial charge in [-0.3, -0.25) is 0 Å². The summed E-state index contributed by atoms with van der Waals surface area (Å²) in [5.41, 5.74) is 6.40. The molecule has 0 aliphatic heterocycles. The molecule has 0 saturated heterocycles. The lowest BCUT2D eigenvalue weighted by Gasteiger charge is -2.08. The average Bonchev–Trinajstić information content (AvgIpc) is 2.55. The maximum atomic E-state index is 5.45. The van der Waals surface area contributed by atoms with Crippen molar-refractivity contribution >= 4 is 11.3 Å². The second-order valence-corrected chi connectivity index (χ2v) is 3.40. The molecule has 0 amide bonds. The highest BCUT2D eigenvalue weighted by molar-refractivity contribution is 7.09. The van der Waals surface area contributed by atoms with Gasteiger partial charge in [-0.1, -0.05) is 6.92 Å². The van der Waals surface area contributed by atoms with Crippen LogP contribution in [0.15, 0.2) is 5.38 Å². The lowest BCUT2D eigenvalue weighted by molar-refractivity contribution is 0.0997. The van der Waals surface area contributed by atoms with Crippen LogP contribution >= 0.6 is 11.3 Å². The van der Waals surface area contributed by atoms with Crippen molar-refractivity contribution in [3.8, 4) is 0 Å². The van der Waals surface area contributed by atoms with E-state index in [0.717, 1.165) is 17.1 Å². The fraction of sp³-hybridized carbons (Fsp3) is 0.625. The van der Waals surface area contributed by atoms with Gasteiger partial charge in [-0.15, -0.1) is 11.3 Å². The molecule has 68 valence electrons. The molecule has 0 aliphatic carbocycles. The van der Waals surface area contributed by atoms with Gasteiger partial charge in [-0.2, -0.15) is 0 Å². The molecule has 12 heavy (non-hydrogen) atoms. The lowest BCUT2D eigenvalue weighted by Crippen LogP contribution is -2.01. The van der Waals surface area contributed by atoms with Gasteiger partial charge in [0.2, 0.25) is 0 Å². The number of hydrogen-bond donors (Lipinski definition) is 1. The van der Waals surface area contributed by atoms with Crippen LogP contribution in [0.4, 0.5) is 0 Å². The van der Waals surface area contributed by atoms with E-state index in [1.54, 1.807) is 18.4 Å². The van der Waals surface area contributed by atoms with Crippen LogP contribution in [-0.4, -0.2) is 12.1 Å². The zero-order valence-corrected chi connectivity index (χ0v) is 8.23. The smallest absolute Gasteiger partial charge is 0.122 e. The molecule has 1 rings (SSSR count). The molecule has 1 heterocycles. The molecule has 0 fully saturated rings. The van der Waals surface area contributed by atoms with E-state index in [-0.39, 0.29) is 6.10 Å². The van der Waals surface area contributed by atoms with Gasteiger partial charge in [0.15, 0.2) is 0 Å². The van der Waals surface area contributed by atoms with Crippen LogP contribution in [-0.2, 0) is 11.3 Å². The van der Waals surface area contributed by atoms with Gasteiger partial charge in [0.05, 0.1) is 5.69 Å². The first-order valence-corrected chi connectivity index (χ1v) is 4.87. The van der Waals surface area contributed by atoms with Gasteiger partial charge in [-0.05, 0) is 6.42 Å². The highest BCUT2D eigenvalue weighted by Crippen LogP contribution is 2.23. The molecule has 1 unspecified atom stereocenters. The van der Waals surface area contributed by atoms with Crippen LogP contribution < -0.4 is 5.73 Å². The van der Waals surface area contributed by atoms with Crippen molar-refractivity contribution in [1.29, 1.82) is 0 Å². The molecule has 0 radical (unpaired) electrons. The molecule has 0 spiro atoms. The Bertz CT molecular complexity index is 233. The Labute approximate surface area is 76.6 Å². The van der Waals surface area contributed by atoms with Gasteiger partial charge >= 0.3 is 0 Å². The minimum absolute atomic E-state index is 0.135. The van der Waals surface area contributed by atoms with E-state index in [9.17, 15) is 0 Å². The molecule has 2 N–H and O–H groups in total. The average molecular weight is 186 g/mol. The quantitative estimate of drug-likeness (QED) is 0.778. The van der Waals surface area contributed by atoms with Crippen molar-refractivity contribution in [2.24, 2.45) is 5.73 Å². The first-order chi connectivity index (χ1) is 5.81. The number of nitrogens with two attached hydrogens (primary N) is 1. The summed E-state index contributed by atoms with van der Waals surface area (Å²) in [4.78, 5) is 4.34. The van der Waals surface area contributed by atoms with E-state index < -0.39 is 0 Å². The Balaban J connectivity index is 2.72. The van der Waals surface area contributed by atoms with E-state index >= 15 is 0 Å². The molecule has 0 aliphatic rings. The third-order valence-corrected chi connectivity index (χ3v) is 2.69. The van der Waals surface area contributed by atoms with Gasteiger partial charge in [0.25, 0.3) is 0 Å². The summed E-state index contributed by atoms with van der Waals surface area (Å²) in [6, 6.07) is 0. The molecule has 0 aromatic carbocycles. The predicted octanol–water partition coefficient (Wildman–Crippen LogP) is 1.70. The van der Waals surface area contributed by atoms with E-state index in [4.69, 9.17) is 10.5 Å². The van der Waals surface area contributed by atoms with Crippen molar-refractivity contribution in [3.63, 3.8) is 0 Å². The Morgan fingerprint density at radius 2 is 2.50 bits per heavy atom. The van der Waals surface area contributed by atoms with Crippen molar-refractivity contribution < 1.29 is 4.74 Å². The zero-order chi connectivity index (χ0) is 8.97. The maximum Gasteiger partial charge on any atom is 0.122 e. The fourth-order valence-electron chi connectivity index (χ4n) is 1.01. The molecule has 1 atom stereocenters. The number of aromatic nitrogens is 1. The normalized spacial score (nSPS) is 13.2. The highest BCUT2D eigenvalue weighted by Gasteiger charge is 2.11. The second-order valence-electron chi connectivity index (χ2n) is 2.51. The van der Waals surface area contributed by atoms with Crippen LogP contribution in [0, 0.1) is 0 Å². The second kappa shape index (κ2) is 4.54. The van der Waals surface area contributed by atoms with Gasteiger partial charge in [0.1, 0.15) is 11.1 Å². The van der Waals surface area contributed by atoms with E-state index in [0.29, 0.717) is 6.54 Å². The summed E-state index contributed by atoms with van der Waals surface area (Å²) >= 11 is 1.62. The summed E-state index contributed by atoms with van der Waals surface area (Å²) in [5.74, 6) is 0. The largest absolute Gasteiger partial charge is 0.374 e. The van der Waals surface area contributed by atoms with Crippen molar-refractivity contribution in [1.82, 2.24) is 4.98 Å². The summed E-state index contributed by atoms with van der Waals surface area (Å²) < 4.78 is 5.25. The number of ether oxygens (including phenoxy) is 1. The molecule has 1 aromatic rings. The molecule has 3 nitrogen and oxygen atoms in total. The molecular weight excluding hydrogens is 172 g/mol. The first kappa shape index (κ1) is 9.64. The Morgan fingerprint density at radius 3 is 2.92 bits per heavy atom. The van der Waals surface area contributed by atoms with Gasteiger partial charge < -0.3 is 10.5 Å². The topological polar surface area (TPSA) is 48.1 Å². The van der Waals surface area contributed by atoms with Crippen LogP contribution in [0.5, 0.6) is 0 Å². The Hall–Kier alpha value is -0.450. The van der Waals surface area contributed by atoms with Crippen molar-refractivity contribution in [3.05, 3.63) is 16.1 Å². The SMILES string of the molecule is CCC(OC)c1nc(CN)cs1. The van der Waals surface area contributed by atoms with Crippen LogP contribution in [0.25, 0.3) is 0 Å². The minimum atomic E-state index is 0.135. The maximum absolute atomic E-state index is 5.45. The van der Waals surface area contributed by atoms with Crippen LogP contribution in [0.3, 0.4) is 0 Å². The summed E-state index contributed by atoms with van der Waals surface area (Å²) in [6.07, 6.45) is 1.09. The van der Waals surface area contributed by atoms with Crippen molar-refractivity contribution in [2.45, 2.75) is 26.0 Å². The number of nitrogens with zero attached hydrogens (tertiary/aromatic N) is 1. The van der Waals surface area contributed by atoms with E-state index in [1.165, 1.54) is 0 Å². The Morgan fingerprint density at radius 1 is 1.75 bits per heavy atom. The van der Waals surface area contributed by atoms with Gasteiger partial charge in [0, 0.05) is 19.0 Å². The molecular formula is C8H14N2OS. The lowest BCUT2D eigenvalue weighted by atomic mass is 10.3. The monoisotopic (exact) mass is 186 g/mol. The first-order valence-electron chi connectivity index (χ1n) is 3.99. The standard InChI is InChI=1S/C8H14N2OS/c1-3-7(11-2)8-10-6(4-9)5-12-8/h5,7H,3-4,9H2,1-2H3. The van der Waals surface area contributed by atoms with E-state index in [1.807, 2.05) is 5.38 Å². The molecule has 0 saturated carbocycles. The third kappa shape index (κ3) is 2.03. The minimum Gasteiger partial charge on any atom is -0.374 e. The highest BCUT2D eigenvalue weighted by atomic mass is 32.1. The molecule has 4 heteroatoms. The van der Waals surface area contributed by atoms with Crippen LogP contribution in [0.2, 0.25) is 0 Å². The van der Waals surface area contributed by atoms with Crippen molar-refractivity contribution in [2.75, 3.05) is 7.11 Å². The number of methoxy groups -OCH3 is 1. The molecule has 0 bridgehead atoms. The number of thiazole rings is 1. The van der Waals surface area contributed by atoms with Crippen LogP contribution in [0.1, 0.15) is 30.2 Å². The fourth-order valence-corrected chi connectivity index (χ4v) is 2.00. The Kier molecular flexibility index (Phi) is 3.65. The zero-order valence-electron chi connectivity index (χ0n) is 7.41.